The standard InChI is InChI=1S/C22H10N2O2/c25-11-23-21-16-7-3-4-8-17(16)22(24-12-26)20-18(21)10-9-15-13-5-1-2-6-14(13)19(15)20/h1-10H. The van der Waals surface area contributed by atoms with Gasteiger partial charge in [-0.2, -0.15) is 9.98 Å². The zero-order valence-corrected chi connectivity index (χ0v) is 13.5. The predicted octanol–water partition coefficient (Wildman–Crippen LogP) is 5.58. The molecular formula is C22H10N2O2. The van der Waals surface area contributed by atoms with E-state index < -0.39 is 0 Å². The summed E-state index contributed by atoms with van der Waals surface area (Å²) in [6, 6.07) is 19.5. The molecule has 0 N–H and O–H groups in total. The van der Waals surface area contributed by atoms with Crippen LogP contribution in [-0.2, 0) is 9.59 Å². The average molecular weight is 334 g/mol. The Morgan fingerprint density at radius 1 is 0.577 bits per heavy atom. The number of hydrogen-bond acceptors (Lipinski definition) is 4. The molecule has 5 rings (SSSR count). The first-order valence-electron chi connectivity index (χ1n) is 8.12. The molecular weight excluding hydrogens is 324 g/mol. The van der Waals surface area contributed by atoms with Gasteiger partial charge < -0.3 is 0 Å². The summed E-state index contributed by atoms with van der Waals surface area (Å²) in [4.78, 5) is 30.2. The molecule has 26 heavy (non-hydrogen) atoms. The van der Waals surface area contributed by atoms with Gasteiger partial charge in [0.25, 0.3) is 0 Å². The summed E-state index contributed by atoms with van der Waals surface area (Å²) in [5, 5.41) is 3.10. The number of hydrogen-bond donors (Lipinski definition) is 0. The zero-order chi connectivity index (χ0) is 17.7. The second-order valence-electron chi connectivity index (χ2n) is 6.11. The number of isocyanates is 2. The molecule has 0 amide bonds. The Morgan fingerprint density at radius 3 is 1.92 bits per heavy atom. The predicted molar refractivity (Wildman–Crippen MR) is 101 cm³/mol. The summed E-state index contributed by atoms with van der Waals surface area (Å²) in [6.45, 7) is 0. The second-order valence-corrected chi connectivity index (χ2v) is 6.11. The molecule has 1 aliphatic rings. The first-order chi connectivity index (χ1) is 12.8. The van der Waals surface area contributed by atoms with E-state index in [-0.39, 0.29) is 0 Å². The number of benzene rings is 4. The average Bonchev–Trinajstić information content (AvgIpc) is 2.67. The van der Waals surface area contributed by atoms with E-state index in [9.17, 15) is 9.59 Å². The molecule has 1 aliphatic carbocycles. The first kappa shape index (κ1) is 14.5. The van der Waals surface area contributed by atoms with Gasteiger partial charge in [0.05, 0.1) is 11.4 Å². The van der Waals surface area contributed by atoms with Crippen LogP contribution in [0.15, 0.2) is 70.6 Å². The molecule has 0 aliphatic heterocycles. The van der Waals surface area contributed by atoms with Gasteiger partial charge in [0.2, 0.25) is 12.2 Å². The summed E-state index contributed by atoms with van der Waals surface area (Å²) < 4.78 is 0. The highest BCUT2D eigenvalue weighted by Gasteiger charge is 2.27. The maximum absolute atomic E-state index is 11.2. The van der Waals surface area contributed by atoms with Crippen molar-refractivity contribution in [3.8, 4) is 22.3 Å². The highest BCUT2D eigenvalue weighted by atomic mass is 16.1. The van der Waals surface area contributed by atoms with E-state index in [2.05, 4.69) is 16.1 Å². The lowest BCUT2D eigenvalue weighted by molar-refractivity contribution is 0.564. The number of aliphatic imine (C=N–C) groups is 2. The van der Waals surface area contributed by atoms with E-state index in [1.54, 1.807) is 12.2 Å². The van der Waals surface area contributed by atoms with Crippen LogP contribution in [0.1, 0.15) is 0 Å². The lowest BCUT2D eigenvalue weighted by atomic mass is 9.77. The van der Waals surface area contributed by atoms with E-state index in [4.69, 9.17) is 0 Å². The fraction of sp³-hybridized carbons (Fsp3) is 0. The van der Waals surface area contributed by atoms with Crippen LogP contribution < -0.4 is 0 Å². The maximum atomic E-state index is 11.2. The molecule has 0 saturated carbocycles. The molecule has 4 nitrogen and oxygen atoms in total. The molecule has 0 spiro atoms. The zero-order valence-electron chi connectivity index (χ0n) is 13.5. The van der Waals surface area contributed by atoms with Crippen molar-refractivity contribution < 1.29 is 9.59 Å². The molecule has 0 radical (unpaired) electrons. The maximum Gasteiger partial charge on any atom is 0.240 e. The number of carbonyl (C=O) groups excluding carboxylic acids is 2. The monoisotopic (exact) mass is 334 g/mol. The van der Waals surface area contributed by atoms with E-state index in [0.29, 0.717) is 11.4 Å². The molecule has 0 atom stereocenters. The summed E-state index contributed by atoms with van der Waals surface area (Å²) in [7, 11) is 0. The fourth-order valence-corrected chi connectivity index (χ4v) is 3.93. The highest BCUT2D eigenvalue weighted by Crippen LogP contribution is 2.55. The van der Waals surface area contributed by atoms with Crippen LogP contribution >= 0.6 is 0 Å². The van der Waals surface area contributed by atoms with Crippen LogP contribution in [-0.4, -0.2) is 12.2 Å². The molecule has 4 aromatic rings. The van der Waals surface area contributed by atoms with Gasteiger partial charge in [-0.25, -0.2) is 9.59 Å². The molecule has 4 heteroatoms. The van der Waals surface area contributed by atoms with Crippen LogP contribution in [0, 0.1) is 0 Å². The molecule has 0 aromatic heterocycles. The van der Waals surface area contributed by atoms with Crippen molar-refractivity contribution in [1.29, 1.82) is 0 Å². The number of fused-ring (bicyclic) bond motifs is 7. The molecule has 0 bridgehead atoms. The van der Waals surface area contributed by atoms with Gasteiger partial charge in [0.15, 0.2) is 0 Å². The van der Waals surface area contributed by atoms with E-state index in [0.717, 1.165) is 38.2 Å². The quantitative estimate of drug-likeness (QED) is 0.240. The van der Waals surface area contributed by atoms with Crippen LogP contribution in [0.25, 0.3) is 43.8 Å². The van der Waals surface area contributed by atoms with Crippen molar-refractivity contribution in [2.45, 2.75) is 0 Å². The number of nitrogens with zero attached hydrogens (tertiary/aromatic N) is 2. The van der Waals surface area contributed by atoms with Gasteiger partial charge in [-0.15, -0.1) is 0 Å². The topological polar surface area (TPSA) is 58.9 Å². The van der Waals surface area contributed by atoms with Gasteiger partial charge in [0, 0.05) is 27.1 Å². The van der Waals surface area contributed by atoms with Crippen molar-refractivity contribution >= 4 is 45.1 Å². The SMILES string of the molecule is O=C=Nc1c2ccccc2c(N=C=O)c2c3c(ccc12)-c1ccccc1-3. The highest BCUT2D eigenvalue weighted by molar-refractivity contribution is 6.27. The summed E-state index contributed by atoms with van der Waals surface area (Å²) in [6.07, 6.45) is 3.34. The summed E-state index contributed by atoms with van der Waals surface area (Å²) in [5.74, 6) is 0. The second kappa shape index (κ2) is 5.33. The molecule has 0 heterocycles. The van der Waals surface area contributed by atoms with Gasteiger partial charge in [-0.1, -0.05) is 60.7 Å². The Bertz CT molecular complexity index is 1340. The molecule has 4 aromatic carbocycles. The molecule has 0 fully saturated rings. The molecule has 0 unspecified atom stereocenters. The summed E-state index contributed by atoms with van der Waals surface area (Å²) >= 11 is 0. The van der Waals surface area contributed by atoms with Crippen LogP contribution in [0.3, 0.4) is 0 Å². The lowest BCUT2D eigenvalue weighted by Gasteiger charge is -2.27. The van der Waals surface area contributed by atoms with Crippen LogP contribution in [0.4, 0.5) is 11.4 Å². The van der Waals surface area contributed by atoms with Crippen molar-refractivity contribution in [1.82, 2.24) is 0 Å². The van der Waals surface area contributed by atoms with Gasteiger partial charge >= 0.3 is 0 Å². The molecule has 0 saturated heterocycles. The lowest BCUT2D eigenvalue weighted by Crippen LogP contribution is -1.99. The Balaban J connectivity index is 2.08. The van der Waals surface area contributed by atoms with Crippen molar-refractivity contribution in [2.24, 2.45) is 9.98 Å². The van der Waals surface area contributed by atoms with Crippen molar-refractivity contribution in [2.75, 3.05) is 0 Å². The number of rotatable bonds is 2. The first-order valence-corrected chi connectivity index (χ1v) is 8.12. The van der Waals surface area contributed by atoms with E-state index in [1.807, 2.05) is 54.6 Å². The van der Waals surface area contributed by atoms with Gasteiger partial charge in [0.1, 0.15) is 0 Å². The Hall–Kier alpha value is -3.84. The third-order valence-corrected chi connectivity index (χ3v) is 4.94. The molecule has 120 valence electrons. The van der Waals surface area contributed by atoms with Gasteiger partial charge in [-0.05, 0) is 16.7 Å². The Labute approximate surface area is 148 Å². The minimum Gasteiger partial charge on any atom is -0.211 e. The Kier molecular flexibility index (Phi) is 2.97. The Morgan fingerprint density at radius 2 is 1.19 bits per heavy atom. The van der Waals surface area contributed by atoms with Crippen molar-refractivity contribution in [3.63, 3.8) is 0 Å². The smallest absolute Gasteiger partial charge is 0.211 e. The fourth-order valence-electron chi connectivity index (χ4n) is 3.93. The minimum absolute atomic E-state index is 0.544. The van der Waals surface area contributed by atoms with Crippen molar-refractivity contribution in [3.05, 3.63) is 60.7 Å². The third kappa shape index (κ3) is 1.74. The summed E-state index contributed by atoms with van der Waals surface area (Å²) in [5.41, 5.74) is 5.50. The minimum atomic E-state index is 0.544. The largest absolute Gasteiger partial charge is 0.240 e. The normalized spacial score (nSPS) is 11.1. The van der Waals surface area contributed by atoms with E-state index >= 15 is 0 Å². The van der Waals surface area contributed by atoms with Gasteiger partial charge in [-0.3, -0.25) is 0 Å². The third-order valence-electron chi connectivity index (χ3n) is 4.94. The van der Waals surface area contributed by atoms with Crippen LogP contribution in [0.5, 0.6) is 0 Å². The van der Waals surface area contributed by atoms with Crippen LogP contribution in [0.2, 0.25) is 0 Å². The van der Waals surface area contributed by atoms with E-state index in [1.165, 1.54) is 5.56 Å².